The van der Waals surface area contributed by atoms with Crippen molar-refractivity contribution in [2.24, 2.45) is 0 Å². The maximum atomic E-state index is 13.5. The first-order valence-electron chi connectivity index (χ1n) is 5.38. The van der Waals surface area contributed by atoms with E-state index in [1.165, 1.54) is 19.1 Å². The highest BCUT2D eigenvalue weighted by Crippen LogP contribution is 2.15. The average molecular weight is 318 g/mol. The summed E-state index contributed by atoms with van der Waals surface area (Å²) < 4.78 is 18.8. The number of nitrogens with one attached hydrogen (secondary N) is 1. The van der Waals surface area contributed by atoms with Crippen molar-refractivity contribution in [2.75, 3.05) is 6.61 Å². The van der Waals surface area contributed by atoms with Gasteiger partial charge in [0.15, 0.2) is 0 Å². The van der Waals surface area contributed by atoms with Crippen LogP contribution >= 0.6 is 15.9 Å². The van der Waals surface area contributed by atoms with Gasteiger partial charge in [0.2, 0.25) is 0 Å². The van der Waals surface area contributed by atoms with E-state index in [9.17, 15) is 14.0 Å². The lowest BCUT2D eigenvalue weighted by Crippen LogP contribution is -2.39. The molecule has 0 aromatic heterocycles. The molecule has 1 rings (SSSR count). The molecule has 0 aliphatic rings. The summed E-state index contributed by atoms with van der Waals surface area (Å²) in [6, 6.07) is 3.25. The summed E-state index contributed by atoms with van der Waals surface area (Å²) >= 11 is 3.09. The third kappa shape index (κ3) is 3.80. The van der Waals surface area contributed by atoms with E-state index in [0.717, 1.165) is 0 Å². The standard InChI is InChI=1S/C12H13BrFNO3/c1-3-18-12(17)7(2)15-11(16)9-5-4-8(13)6-10(9)14/h4-7H,3H2,1-2H3,(H,15,16). The number of rotatable bonds is 4. The van der Waals surface area contributed by atoms with Crippen LogP contribution in [0.5, 0.6) is 0 Å². The summed E-state index contributed by atoms with van der Waals surface area (Å²) in [6.07, 6.45) is 0. The van der Waals surface area contributed by atoms with Gasteiger partial charge in [-0.15, -0.1) is 0 Å². The molecule has 1 N–H and O–H groups in total. The predicted octanol–water partition coefficient (Wildman–Crippen LogP) is 2.27. The Bertz CT molecular complexity index is 465. The fourth-order valence-electron chi connectivity index (χ4n) is 1.27. The van der Waals surface area contributed by atoms with Gasteiger partial charge in [-0.05, 0) is 32.0 Å². The molecule has 0 aliphatic carbocycles. The molecule has 4 nitrogen and oxygen atoms in total. The maximum Gasteiger partial charge on any atom is 0.328 e. The van der Waals surface area contributed by atoms with Gasteiger partial charge in [-0.25, -0.2) is 9.18 Å². The second-order valence-corrected chi connectivity index (χ2v) is 4.49. The molecule has 98 valence electrons. The first-order valence-corrected chi connectivity index (χ1v) is 6.17. The van der Waals surface area contributed by atoms with Crippen molar-refractivity contribution in [3.63, 3.8) is 0 Å². The molecule has 6 heteroatoms. The van der Waals surface area contributed by atoms with Gasteiger partial charge < -0.3 is 10.1 Å². The van der Waals surface area contributed by atoms with Crippen molar-refractivity contribution >= 4 is 27.8 Å². The molecule has 0 bridgehead atoms. The van der Waals surface area contributed by atoms with Crippen LogP contribution in [0.15, 0.2) is 22.7 Å². The van der Waals surface area contributed by atoms with E-state index in [-0.39, 0.29) is 12.2 Å². The Hall–Kier alpha value is -1.43. The van der Waals surface area contributed by atoms with Crippen LogP contribution in [0.25, 0.3) is 0 Å². The Balaban J connectivity index is 2.73. The highest BCUT2D eigenvalue weighted by molar-refractivity contribution is 9.10. The maximum absolute atomic E-state index is 13.5. The molecule has 0 aliphatic heterocycles. The third-order valence-electron chi connectivity index (χ3n) is 2.16. The summed E-state index contributed by atoms with van der Waals surface area (Å²) in [5.74, 6) is -1.86. The van der Waals surface area contributed by atoms with Crippen molar-refractivity contribution in [3.8, 4) is 0 Å². The van der Waals surface area contributed by atoms with Crippen LogP contribution in [0.2, 0.25) is 0 Å². The molecule has 1 unspecified atom stereocenters. The van der Waals surface area contributed by atoms with E-state index in [1.54, 1.807) is 13.0 Å². The fraction of sp³-hybridized carbons (Fsp3) is 0.333. The Morgan fingerprint density at radius 2 is 2.17 bits per heavy atom. The normalized spacial score (nSPS) is 11.8. The summed E-state index contributed by atoms with van der Waals surface area (Å²) in [7, 11) is 0. The summed E-state index contributed by atoms with van der Waals surface area (Å²) in [6.45, 7) is 3.37. The van der Waals surface area contributed by atoms with Crippen LogP contribution in [-0.4, -0.2) is 24.5 Å². The number of carbonyl (C=O) groups excluding carboxylic acids is 2. The van der Waals surface area contributed by atoms with Crippen LogP contribution in [0.3, 0.4) is 0 Å². The minimum Gasteiger partial charge on any atom is -0.464 e. The molecule has 0 radical (unpaired) electrons. The second-order valence-electron chi connectivity index (χ2n) is 3.57. The number of benzene rings is 1. The molecular formula is C12H13BrFNO3. The number of esters is 1. The zero-order valence-corrected chi connectivity index (χ0v) is 11.6. The lowest BCUT2D eigenvalue weighted by Gasteiger charge is -2.12. The van der Waals surface area contributed by atoms with Crippen LogP contribution in [-0.2, 0) is 9.53 Å². The van der Waals surface area contributed by atoms with Crippen LogP contribution in [0.1, 0.15) is 24.2 Å². The zero-order chi connectivity index (χ0) is 13.7. The number of ether oxygens (including phenoxy) is 1. The molecule has 1 atom stereocenters. The predicted molar refractivity (Wildman–Crippen MR) is 67.7 cm³/mol. The molecule has 18 heavy (non-hydrogen) atoms. The molecular weight excluding hydrogens is 305 g/mol. The summed E-state index contributed by atoms with van der Waals surface area (Å²) in [5.41, 5.74) is -0.116. The SMILES string of the molecule is CCOC(=O)C(C)NC(=O)c1ccc(Br)cc1F. The van der Waals surface area contributed by atoms with Gasteiger partial charge in [0.1, 0.15) is 11.9 Å². The molecule has 0 saturated carbocycles. The molecule has 1 aromatic rings. The highest BCUT2D eigenvalue weighted by atomic mass is 79.9. The van der Waals surface area contributed by atoms with Gasteiger partial charge in [-0.1, -0.05) is 15.9 Å². The van der Waals surface area contributed by atoms with Crippen molar-refractivity contribution in [2.45, 2.75) is 19.9 Å². The molecule has 0 heterocycles. The van der Waals surface area contributed by atoms with E-state index in [2.05, 4.69) is 21.2 Å². The number of hydrogen-bond acceptors (Lipinski definition) is 3. The number of halogens is 2. The van der Waals surface area contributed by atoms with Crippen LogP contribution in [0, 0.1) is 5.82 Å². The Kier molecular flexibility index (Phi) is 5.27. The van der Waals surface area contributed by atoms with Gasteiger partial charge in [-0.3, -0.25) is 4.79 Å². The largest absolute Gasteiger partial charge is 0.464 e. The smallest absolute Gasteiger partial charge is 0.328 e. The lowest BCUT2D eigenvalue weighted by atomic mass is 10.2. The first kappa shape index (κ1) is 14.6. The third-order valence-corrected chi connectivity index (χ3v) is 2.66. The van der Waals surface area contributed by atoms with Gasteiger partial charge in [0, 0.05) is 4.47 Å². The van der Waals surface area contributed by atoms with Crippen molar-refractivity contribution in [3.05, 3.63) is 34.1 Å². The van der Waals surface area contributed by atoms with E-state index >= 15 is 0 Å². The topological polar surface area (TPSA) is 55.4 Å². The van der Waals surface area contributed by atoms with Crippen molar-refractivity contribution < 1.29 is 18.7 Å². The Labute approximate surface area is 113 Å². The molecule has 1 amide bonds. The quantitative estimate of drug-likeness (QED) is 0.867. The van der Waals surface area contributed by atoms with Gasteiger partial charge in [-0.2, -0.15) is 0 Å². The van der Waals surface area contributed by atoms with E-state index in [0.29, 0.717) is 4.47 Å². The van der Waals surface area contributed by atoms with Crippen molar-refractivity contribution in [1.82, 2.24) is 5.32 Å². The molecule has 1 aromatic carbocycles. The van der Waals surface area contributed by atoms with Gasteiger partial charge >= 0.3 is 5.97 Å². The summed E-state index contributed by atoms with van der Waals surface area (Å²) in [4.78, 5) is 23.0. The van der Waals surface area contributed by atoms with Crippen LogP contribution in [0.4, 0.5) is 4.39 Å². The molecule has 0 spiro atoms. The zero-order valence-electron chi connectivity index (χ0n) is 10.00. The monoisotopic (exact) mass is 317 g/mol. The Morgan fingerprint density at radius 1 is 1.50 bits per heavy atom. The minimum absolute atomic E-state index is 0.116. The second kappa shape index (κ2) is 6.49. The number of carbonyl (C=O) groups is 2. The van der Waals surface area contributed by atoms with Gasteiger partial charge in [0.25, 0.3) is 5.91 Å². The van der Waals surface area contributed by atoms with E-state index in [4.69, 9.17) is 4.74 Å². The highest BCUT2D eigenvalue weighted by Gasteiger charge is 2.19. The van der Waals surface area contributed by atoms with Crippen molar-refractivity contribution in [1.29, 1.82) is 0 Å². The van der Waals surface area contributed by atoms with Gasteiger partial charge in [0.05, 0.1) is 12.2 Å². The average Bonchev–Trinajstić information content (AvgIpc) is 2.28. The Morgan fingerprint density at radius 3 is 2.72 bits per heavy atom. The van der Waals surface area contributed by atoms with Crippen LogP contribution < -0.4 is 5.32 Å². The van der Waals surface area contributed by atoms with E-state index < -0.39 is 23.7 Å². The summed E-state index contributed by atoms with van der Waals surface area (Å²) in [5, 5.41) is 2.37. The number of amides is 1. The number of hydrogen-bond donors (Lipinski definition) is 1. The fourth-order valence-corrected chi connectivity index (χ4v) is 1.61. The minimum atomic E-state index is -0.819. The molecule has 0 saturated heterocycles. The first-order chi connectivity index (χ1) is 8.45. The van der Waals surface area contributed by atoms with E-state index in [1.807, 2.05) is 0 Å². The molecule has 0 fully saturated rings. The lowest BCUT2D eigenvalue weighted by molar-refractivity contribution is -0.144.